The predicted octanol–water partition coefficient (Wildman–Crippen LogP) is 1.89. The van der Waals surface area contributed by atoms with Gasteiger partial charge in [-0.05, 0) is 37.2 Å². The summed E-state index contributed by atoms with van der Waals surface area (Å²) in [5, 5.41) is 11.9. The Hall–Kier alpha value is -1.43. The summed E-state index contributed by atoms with van der Waals surface area (Å²) >= 11 is 1.02. The van der Waals surface area contributed by atoms with Crippen molar-refractivity contribution in [2.75, 3.05) is 5.32 Å². The Bertz CT molecular complexity index is 437. The SMILES string of the molecule is Cc1nsc(NC(=O)CC2CC2)c1C(=O)O. The third-order valence-electron chi connectivity index (χ3n) is 2.50. The first-order chi connectivity index (χ1) is 7.58. The molecule has 1 saturated carbocycles. The fourth-order valence-electron chi connectivity index (χ4n) is 1.47. The van der Waals surface area contributed by atoms with Crippen molar-refractivity contribution >= 4 is 28.4 Å². The van der Waals surface area contributed by atoms with Gasteiger partial charge in [-0.3, -0.25) is 4.79 Å². The molecule has 1 aromatic rings. The predicted molar refractivity (Wildman–Crippen MR) is 59.8 cm³/mol. The van der Waals surface area contributed by atoms with E-state index in [4.69, 9.17) is 5.11 Å². The van der Waals surface area contributed by atoms with E-state index in [9.17, 15) is 9.59 Å². The van der Waals surface area contributed by atoms with Gasteiger partial charge in [0, 0.05) is 6.42 Å². The number of carbonyl (C=O) groups is 2. The van der Waals surface area contributed by atoms with Crippen LogP contribution in [0.1, 0.15) is 35.3 Å². The Kier molecular flexibility index (Phi) is 2.91. The van der Waals surface area contributed by atoms with Crippen LogP contribution in [0.4, 0.5) is 5.00 Å². The van der Waals surface area contributed by atoms with Gasteiger partial charge in [0.05, 0.1) is 5.69 Å². The number of carboxylic acids is 1. The first-order valence-electron chi connectivity index (χ1n) is 5.07. The molecule has 0 radical (unpaired) electrons. The maximum atomic E-state index is 11.5. The van der Waals surface area contributed by atoms with Crippen molar-refractivity contribution in [2.24, 2.45) is 5.92 Å². The van der Waals surface area contributed by atoms with Gasteiger partial charge < -0.3 is 10.4 Å². The van der Waals surface area contributed by atoms with E-state index < -0.39 is 5.97 Å². The van der Waals surface area contributed by atoms with Gasteiger partial charge in [-0.1, -0.05) is 0 Å². The van der Waals surface area contributed by atoms with Gasteiger partial charge >= 0.3 is 5.97 Å². The number of amides is 1. The van der Waals surface area contributed by atoms with Crippen LogP contribution in [0.3, 0.4) is 0 Å². The highest BCUT2D eigenvalue weighted by atomic mass is 32.1. The number of nitrogens with one attached hydrogen (secondary N) is 1. The summed E-state index contributed by atoms with van der Waals surface area (Å²) < 4.78 is 3.93. The van der Waals surface area contributed by atoms with Gasteiger partial charge in [0.15, 0.2) is 0 Å². The van der Waals surface area contributed by atoms with Crippen LogP contribution in [0.5, 0.6) is 0 Å². The van der Waals surface area contributed by atoms with Gasteiger partial charge in [-0.2, -0.15) is 4.37 Å². The first-order valence-corrected chi connectivity index (χ1v) is 5.84. The number of aryl methyl sites for hydroxylation is 1. The first kappa shape index (κ1) is 11.1. The van der Waals surface area contributed by atoms with E-state index in [0.717, 1.165) is 24.4 Å². The number of anilines is 1. The number of hydrogen-bond acceptors (Lipinski definition) is 4. The lowest BCUT2D eigenvalue weighted by atomic mass is 10.2. The van der Waals surface area contributed by atoms with Crippen LogP contribution in [0.15, 0.2) is 0 Å². The van der Waals surface area contributed by atoms with Crippen molar-refractivity contribution in [2.45, 2.75) is 26.2 Å². The molecule has 2 rings (SSSR count). The third-order valence-corrected chi connectivity index (χ3v) is 3.35. The minimum Gasteiger partial charge on any atom is -0.478 e. The second-order valence-electron chi connectivity index (χ2n) is 3.97. The van der Waals surface area contributed by atoms with Crippen molar-refractivity contribution < 1.29 is 14.7 Å². The molecule has 0 aromatic carbocycles. The molecule has 6 heteroatoms. The normalized spacial score (nSPS) is 14.8. The molecule has 5 nitrogen and oxygen atoms in total. The van der Waals surface area contributed by atoms with Crippen molar-refractivity contribution in [3.63, 3.8) is 0 Å². The molecule has 0 spiro atoms. The van der Waals surface area contributed by atoms with Crippen molar-refractivity contribution in [3.8, 4) is 0 Å². The molecule has 1 aromatic heterocycles. The molecule has 86 valence electrons. The second-order valence-corrected chi connectivity index (χ2v) is 4.75. The van der Waals surface area contributed by atoms with E-state index in [-0.39, 0.29) is 11.5 Å². The molecular weight excluding hydrogens is 228 g/mol. The lowest BCUT2D eigenvalue weighted by Crippen LogP contribution is -2.13. The Morgan fingerprint density at radius 3 is 2.81 bits per heavy atom. The minimum absolute atomic E-state index is 0.106. The average Bonchev–Trinajstić information content (AvgIpc) is 2.90. The van der Waals surface area contributed by atoms with Crippen LogP contribution < -0.4 is 5.32 Å². The van der Waals surface area contributed by atoms with E-state index >= 15 is 0 Å². The molecule has 1 heterocycles. The summed E-state index contributed by atoms with van der Waals surface area (Å²) in [6, 6.07) is 0. The fourth-order valence-corrected chi connectivity index (χ4v) is 2.27. The Labute approximate surface area is 96.6 Å². The van der Waals surface area contributed by atoms with Gasteiger partial charge in [0.2, 0.25) is 5.91 Å². The fraction of sp³-hybridized carbons (Fsp3) is 0.500. The highest BCUT2D eigenvalue weighted by molar-refractivity contribution is 7.11. The van der Waals surface area contributed by atoms with Crippen LogP contribution in [-0.4, -0.2) is 21.4 Å². The molecule has 0 aliphatic heterocycles. The lowest BCUT2D eigenvalue weighted by Gasteiger charge is -2.02. The summed E-state index contributed by atoms with van der Waals surface area (Å²) in [4.78, 5) is 22.5. The van der Waals surface area contributed by atoms with Crippen LogP contribution >= 0.6 is 11.5 Å². The maximum Gasteiger partial charge on any atom is 0.340 e. The highest BCUT2D eigenvalue weighted by Gasteiger charge is 2.26. The zero-order valence-electron chi connectivity index (χ0n) is 8.82. The molecule has 16 heavy (non-hydrogen) atoms. The van der Waals surface area contributed by atoms with Crippen LogP contribution in [-0.2, 0) is 4.79 Å². The quantitative estimate of drug-likeness (QED) is 0.842. The summed E-state index contributed by atoms with van der Waals surface area (Å²) in [5.74, 6) is -0.677. The summed E-state index contributed by atoms with van der Waals surface area (Å²) in [5.41, 5.74) is 0.549. The molecule has 1 amide bonds. The number of hydrogen-bond donors (Lipinski definition) is 2. The van der Waals surface area contributed by atoms with Gasteiger partial charge in [-0.25, -0.2) is 4.79 Å². The summed E-state index contributed by atoms with van der Waals surface area (Å²) in [6.45, 7) is 1.62. The van der Waals surface area contributed by atoms with Crippen LogP contribution in [0, 0.1) is 12.8 Å². The average molecular weight is 240 g/mol. The molecule has 0 atom stereocenters. The summed E-state index contributed by atoms with van der Waals surface area (Å²) in [7, 11) is 0. The minimum atomic E-state index is -1.05. The number of carbonyl (C=O) groups excluding carboxylic acids is 1. The molecule has 0 unspecified atom stereocenters. The van der Waals surface area contributed by atoms with E-state index in [0.29, 0.717) is 23.0 Å². The number of nitrogens with zero attached hydrogens (tertiary/aromatic N) is 1. The van der Waals surface area contributed by atoms with Crippen LogP contribution in [0.25, 0.3) is 0 Å². The van der Waals surface area contributed by atoms with Crippen LogP contribution in [0.2, 0.25) is 0 Å². The highest BCUT2D eigenvalue weighted by Crippen LogP contribution is 2.33. The Morgan fingerprint density at radius 1 is 1.56 bits per heavy atom. The molecule has 0 saturated heterocycles. The molecular formula is C10H12N2O3S. The third kappa shape index (κ3) is 2.38. The zero-order valence-corrected chi connectivity index (χ0v) is 9.63. The smallest absolute Gasteiger partial charge is 0.340 e. The molecule has 0 bridgehead atoms. The van der Waals surface area contributed by atoms with E-state index in [2.05, 4.69) is 9.69 Å². The van der Waals surface area contributed by atoms with Crippen molar-refractivity contribution in [1.82, 2.24) is 4.37 Å². The largest absolute Gasteiger partial charge is 0.478 e. The molecule has 1 aliphatic carbocycles. The van der Waals surface area contributed by atoms with Crippen molar-refractivity contribution in [1.29, 1.82) is 0 Å². The number of rotatable bonds is 4. The lowest BCUT2D eigenvalue weighted by molar-refractivity contribution is -0.116. The Morgan fingerprint density at radius 2 is 2.25 bits per heavy atom. The van der Waals surface area contributed by atoms with E-state index in [1.807, 2.05) is 0 Å². The number of aromatic carboxylic acids is 1. The van der Waals surface area contributed by atoms with Gasteiger partial charge in [-0.15, -0.1) is 0 Å². The molecule has 1 aliphatic rings. The monoisotopic (exact) mass is 240 g/mol. The molecule has 2 N–H and O–H groups in total. The van der Waals surface area contributed by atoms with Gasteiger partial charge in [0.25, 0.3) is 0 Å². The topological polar surface area (TPSA) is 79.3 Å². The van der Waals surface area contributed by atoms with Gasteiger partial charge in [0.1, 0.15) is 10.6 Å². The number of aromatic nitrogens is 1. The zero-order chi connectivity index (χ0) is 11.7. The Balaban J connectivity index is 2.07. The van der Waals surface area contributed by atoms with E-state index in [1.54, 1.807) is 6.92 Å². The number of carboxylic acid groups (broad SMARTS) is 1. The summed E-state index contributed by atoms with van der Waals surface area (Å²) in [6.07, 6.45) is 2.68. The maximum absolute atomic E-state index is 11.5. The molecule has 1 fully saturated rings. The standard InChI is InChI=1S/C10H12N2O3S/c1-5-8(10(14)15)9(16-12-5)11-7(13)4-6-2-3-6/h6H,2-4H2,1H3,(H,11,13)(H,14,15). The van der Waals surface area contributed by atoms with E-state index in [1.165, 1.54) is 0 Å². The second kappa shape index (κ2) is 4.21. The van der Waals surface area contributed by atoms with Crippen molar-refractivity contribution in [3.05, 3.63) is 11.3 Å².